The molecule has 3 heterocycles. The van der Waals surface area contributed by atoms with Crippen LogP contribution < -0.4 is 5.32 Å². The summed E-state index contributed by atoms with van der Waals surface area (Å²) >= 11 is 0. The average Bonchev–Trinajstić information content (AvgIpc) is 3.38. The van der Waals surface area contributed by atoms with E-state index < -0.39 is 17.7 Å². The van der Waals surface area contributed by atoms with Crippen molar-refractivity contribution < 1.29 is 24.2 Å². The molecule has 0 atom stereocenters. The predicted octanol–water partition coefficient (Wildman–Crippen LogP) is 5.02. The maximum atomic E-state index is 13.4. The molecule has 188 valence electrons. The number of carboxylic acids is 1. The van der Waals surface area contributed by atoms with Crippen LogP contribution in [0.25, 0.3) is 22.2 Å². The molecule has 2 aliphatic heterocycles. The summed E-state index contributed by atoms with van der Waals surface area (Å²) in [4.78, 5) is 40.5. The molecule has 0 unspecified atom stereocenters. The van der Waals surface area contributed by atoms with Crippen molar-refractivity contribution in [3.63, 3.8) is 0 Å². The Morgan fingerprint density at radius 3 is 2.50 bits per heavy atom. The Hall–Kier alpha value is -3.65. The van der Waals surface area contributed by atoms with E-state index in [-0.39, 0.29) is 18.0 Å². The molecule has 8 nitrogen and oxygen atoms in total. The number of rotatable bonds is 4. The number of piperidine rings is 1. The molecule has 2 aliphatic rings. The van der Waals surface area contributed by atoms with Crippen molar-refractivity contribution in [1.82, 2.24) is 14.8 Å². The highest BCUT2D eigenvalue weighted by Gasteiger charge is 2.30. The van der Waals surface area contributed by atoms with Gasteiger partial charge in [0.15, 0.2) is 0 Å². The molecule has 0 bridgehead atoms. The molecule has 1 saturated heterocycles. The third-order valence-electron chi connectivity index (χ3n) is 6.71. The summed E-state index contributed by atoms with van der Waals surface area (Å²) < 4.78 is 7.18. The summed E-state index contributed by atoms with van der Waals surface area (Å²) in [6.45, 7) is 8.61. The Kier molecular flexibility index (Phi) is 6.08. The van der Waals surface area contributed by atoms with Crippen molar-refractivity contribution in [2.24, 2.45) is 0 Å². The first-order valence-electron chi connectivity index (χ1n) is 12.4. The first-order chi connectivity index (χ1) is 17.1. The Morgan fingerprint density at radius 1 is 1.06 bits per heavy atom. The third-order valence-corrected chi connectivity index (χ3v) is 6.71. The zero-order chi connectivity index (χ0) is 25.6. The summed E-state index contributed by atoms with van der Waals surface area (Å²) in [6.07, 6.45) is 3.10. The number of ether oxygens (including phenoxy) is 1. The summed E-state index contributed by atoms with van der Waals surface area (Å²) in [6, 6.07) is 10.8. The SMILES string of the molecule is CC(C)(C)OC(=O)n1c(-c2cc(C(=O)O)cc3c2C(=O)NC3)cc2cc(CN3CCCCC3)ccc21. The maximum absolute atomic E-state index is 13.4. The van der Waals surface area contributed by atoms with Crippen molar-refractivity contribution in [3.05, 3.63) is 58.7 Å². The molecule has 2 aromatic carbocycles. The number of carbonyl (C=O) groups excluding carboxylic acids is 2. The molecule has 0 aliphatic carbocycles. The summed E-state index contributed by atoms with van der Waals surface area (Å²) in [5, 5.41) is 13.3. The Bertz CT molecular complexity index is 1380. The van der Waals surface area contributed by atoms with Gasteiger partial charge in [-0.25, -0.2) is 14.2 Å². The van der Waals surface area contributed by atoms with Gasteiger partial charge in [0.05, 0.1) is 22.3 Å². The van der Waals surface area contributed by atoms with Crippen LogP contribution in [0.3, 0.4) is 0 Å². The van der Waals surface area contributed by atoms with Gasteiger partial charge in [-0.3, -0.25) is 9.69 Å². The molecule has 1 amide bonds. The zero-order valence-electron chi connectivity index (χ0n) is 20.9. The largest absolute Gasteiger partial charge is 0.478 e. The van der Waals surface area contributed by atoms with Crippen LogP contribution in [0.1, 0.15) is 71.9 Å². The number of nitrogens with zero attached hydrogens (tertiary/aromatic N) is 2. The lowest BCUT2D eigenvalue weighted by Crippen LogP contribution is -2.29. The number of hydrogen-bond donors (Lipinski definition) is 2. The lowest BCUT2D eigenvalue weighted by molar-refractivity contribution is 0.0546. The number of fused-ring (bicyclic) bond motifs is 2. The van der Waals surface area contributed by atoms with Crippen molar-refractivity contribution in [1.29, 1.82) is 0 Å². The van der Waals surface area contributed by atoms with Gasteiger partial charge < -0.3 is 15.2 Å². The number of aromatic carboxylic acids is 1. The summed E-state index contributed by atoms with van der Waals surface area (Å²) in [5.41, 5.74) is 2.94. The van der Waals surface area contributed by atoms with Gasteiger partial charge in [0.25, 0.3) is 5.91 Å². The van der Waals surface area contributed by atoms with Crippen molar-refractivity contribution in [3.8, 4) is 11.3 Å². The van der Waals surface area contributed by atoms with E-state index in [1.807, 2.05) is 18.2 Å². The topological polar surface area (TPSA) is 101 Å². The second-order valence-electron chi connectivity index (χ2n) is 10.6. The van der Waals surface area contributed by atoms with Crippen LogP contribution >= 0.6 is 0 Å². The van der Waals surface area contributed by atoms with Gasteiger partial charge in [-0.05, 0) is 88.2 Å². The summed E-state index contributed by atoms with van der Waals surface area (Å²) in [7, 11) is 0. The molecule has 0 radical (unpaired) electrons. The van der Waals surface area contributed by atoms with Crippen molar-refractivity contribution >= 4 is 28.9 Å². The highest BCUT2D eigenvalue weighted by Crippen LogP contribution is 2.36. The first-order valence-corrected chi connectivity index (χ1v) is 12.4. The zero-order valence-corrected chi connectivity index (χ0v) is 20.9. The number of nitrogens with one attached hydrogen (secondary N) is 1. The molecule has 1 fully saturated rings. The fraction of sp³-hybridized carbons (Fsp3) is 0.393. The molecule has 2 N–H and O–H groups in total. The van der Waals surface area contributed by atoms with E-state index in [0.29, 0.717) is 27.9 Å². The standard InChI is InChI=1S/C28H31N3O5/c1-28(2,3)36-27(35)31-22-8-7-17(16-30-9-5-4-6-10-30)11-18(22)14-23(31)21-13-19(26(33)34)12-20-15-29-25(32)24(20)21/h7-8,11-14H,4-6,9-10,15-16H2,1-3H3,(H,29,32)(H,33,34). The van der Waals surface area contributed by atoms with Crippen LogP contribution in [0.5, 0.6) is 0 Å². The van der Waals surface area contributed by atoms with Crippen LogP contribution in [0.15, 0.2) is 36.4 Å². The molecule has 0 spiro atoms. The van der Waals surface area contributed by atoms with E-state index >= 15 is 0 Å². The van der Waals surface area contributed by atoms with E-state index in [1.54, 1.807) is 20.8 Å². The number of amides is 1. The van der Waals surface area contributed by atoms with E-state index in [9.17, 15) is 19.5 Å². The molecular weight excluding hydrogens is 458 g/mol. The van der Waals surface area contributed by atoms with Crippen LogP contribution in [0.2, 0.25) is 0 Å². The Labute approximate surface area is 209 Å². The highest BCUT2D eigenvalue weighted by atomic mass is 16.6. The van der Waals surface area contributed by atoms with Crippen LogP contribution in [0.4, 0.5) is 4.79 Å². The second-order valence-corrected chi connectivity index (χ2v) is 10.6. The molecule has 0 saturated carbocycles. The minimum Gasteiger partial charge on any atom is -0.478 e. The number of benzene rings is 2. The molecule has 3 aromatic rings. The van der Waals surface area contributed by atoms with Crippen LogP contribution in [-0.2, 0) is 17.8 Å². The number of carboxylic acid groups (broad SMARTS) is 1. The fourth-order valence-corrected chi connectivity index (χ4v) is 5.14. The van der Waals surface area contributed by atoms with Crippen molar-refractivity contribution in [2.45, 2.75) is 58.7 Å². The number of likely N-dealkylation sites (tertiary alicyclic amines) is 1. The van der Waals surface area contributed by atoms with E-state index in [0.717, 1.165) is 30.6 Å². The molecular formula is C28H31N3O5. The maximum Gasteiger partial charge on any atom is 0.419 e. The predicted molar refractivity (Wildman–Crippen MR) is 136 cm³/mol. The minimum atomic E-state index is -1.10. The minimum absolute atomic E-state index is 0.0621. The van der Waals surface area contributed by atoms with Gasteiger partial charge >= 0.3 is 12.1 Å². The fourth-order valence-electron chi connectivity index (χ4n) is 5.14. The third kappa shape index (κ3) is 4.60. The van der Waals surface area contributed by atoms with Gasteiger partial charge in [0.2, 0.25) is 0 Å². The van der Waals surface area contributed by atoms with Crippen molar-refractivity contribution in [2.75, 3.05) is 13.1 Å². The Morgan fingerprint density at radius 2 is 1.81 bits per heavy atom. The number of hydrogen-bond acceptors (Lipinski definition) is 5. The molecule has 36 heavy (non-hydrogen) atoms. The number of carbonyl (C=O) groups is 3. The van der Waals surface area contributed by atoms with E-state index in [2.05, 4.69) is 16.3 Å². The lowest BCUT2D eigenvalue weighted by atomic mass is 9.97. The van der Waals surface area contributed by atoms with E-state index in [4.69, 9.17) is 4.74 Å². The lowest BCUT2D eigenvalue weighted by Gasteiger charge is -2.26. The van der Waals surface area contributed by atoms with Crippen LogP contribution in [0, 0.1) is 0 Å². The second kappa shape index (κ2) is 9.09. The molecule has 5 rings (SSSR count). The normalized spacial score (nSPS) is 16.1. The van der Waals surface area contributed by atoms with Gasteiger partial charge in [0, 0.05) is 24.0 Å². The van der Waals surface area contributed by atoms with E-state index in [1.165, 1.54) is 36.0 Å². The monoisotopic (exact) mass is 489 g/mol. The quantitative estimate of drug-likeness (QED) is 0.534. The first kappa shape index (κ1) is 24.1. The van der Waals surface area contributed by atoms with Gasteiger partial charge in [-0.1, -0.05) is 12.5 Å². The highest BCUT2D eigenvalue weighted by molar-refractivity contribution is 6.08. The Balaban J connectivity index is 1.68. The van der Waals surface area contributed by atoms with Crippen LogP contribution in [-0.4, -0.2) is 51.2 Å². The smallest absolute Gasteiger partial charge is 0.419 e. The van der Waals surface area contributed by atoms with Gasteiger partial charge in [-0.15, -0.1) is 0 Å². The average molecular weight is 490 g/mol. The summed E-state index contributed by atoms with van der Waals surface area (Å²) in [5.74, 6) is -1.38. The van der Waals surface area contributed by atoms with Gasteiger partial charge in [-0.2, -0.15) is 0 Å². The molecule has 8 heteroatoms. The van der Waals surface area contributed by atoms with Gasteiger partial charge in [0.1, 0.15) is 5.60 Å². The number of aromatic nitrogens is 1. The molecule has 1 aromatic heterocycles.